The van der Waals surface area contributed by atoms with E-state index in [0.29, 0.717) is 6.04 Å². The summed E-state index contributed by atoms with van der Waals surface area (Å²) in [5, 5.41) is 3.27. The Bertz CT molecular complexity index is 355. The van der Waals surface area contributed by atoms with Crippen LogP contribution >= 0.6 is 0 Å². The fraction of sp³-hybridized carbons (Fsp3) is 0.600. The van der Waals surface area contributed by atoms with E-state index >= 15 is 0 Å². The first-order valence-electron chi connectivity index (χ1n) is 6.75. The average molecular weight is 249 g/mol. The van der Waals surface area contributed by atoms with Crippen molar-refractivity contribution in [3.8, 4) is 0 Å². The van der Waals surface area contributed by atoms with Gasteiger partial charge in [-0.15, -0.1) is 0 Å². The number of ether oxygens (including phenoxy) is 2. The van der Waals surface area contributed by atoms with Gasteiger partial charge in [0.25, 0.3) is 0 Å². The summed E-state index contributed by atoms with van der Waals surface area (Å²) < 4.78 is 11.8. The van der Waals surface area contributed by atoms with Crippen LogP contribution in [-0.4, -0.2) is 31.9 Å². The molecule has 100 valence electrons. The third kappa shape index (κ3) is 2.91. The van der Waals surface area contributed by atoms with E-state index in [-0.39, 0.29) is 18.3 Å². The molecule has 0 amide bonds. The van der Waals surface area contributed by atoms with Crippen molar-refractivity contribution in [2.24, 2.45) is 0 Å². The highest BCUT2D eigenvalue weighted by molar-refractivity contribution is 5.17. The lowest BCUT2D eigenvalue weighted by Gasteiger charge is -2.44. The summed E-state index contributed by atoms with van der Waals surface area (Å²) in [7, 11) is 1.98. The second-order valence-electron chi connectivity index (χ2n) is 4.78. The highest BCUT2D eigenvalue weighted by Crippen LogP contribution is 2.31. The quantitative estimate of drug-likeness (QED) is 0.840. The Kier molecular flexibility index (Phi) is 4.75. The molecule has 0 bridgehead atoms. The van der Waals surface area contributed by atoms with Crippen LogP contribution in [0, 0.1) is 0 Å². The second-order valence-corrected chi connectivity index (χ2v) is 4.78. The molecule has 4 unspecified atom stereocenters. The molecule has 1 fully saturated rings. The van der Waals surface area contributed by atoms with E-state index in [0.717, 1.165) is 13.0 Å². The molecule has 1 aliphatic carbocycles. The maximum absolute atomic E-state index is 6.10. The van der Waals surface area contributed by atoms with Gasteiger partial charge in [-0.3, -0.25) is 0 Å². The fourth-order valence-corrected chi connectivity index (χ4v) is 2.48. The van der Waals surface area contributed by atoms with Crippen LogP contribution in [0.25, 0.3) is 0 Å². The van der Waals surface area contributed by atoms with Gasteiger partial charge in [0.1, 0.15) is 0 Å². The van der Waals surface area contributed by atoms with Crippen molar-refractivity contribution < 1.29 is 9.47 Å². The highest BCUT2D eigenvalue weighted by Gasteiger charge is 2.42. The Balaban J connectivity index is 1.90. The normalized spacial score (nSPS) is 28.7. The van der Waals surface area contributed by atoms with Crippen molar-refractivity contribution in [3.05, 3.63) is 35.9 Å². The number of nitrogens with one attached hydrogen (secondary N) is 1. The van der Waals surface area contributed by atoms with Crippen LogP contribution in [0.2, 0.25) is 0 Å². The molecule has 3 heteroatoms. The van der Waals surface area contributed by atoms with Crippen molar-refractivity contribution >= 4 is 0 Å². The van der Waals surface area contributed by atoms with Gasteiger partial charge in [0, 0.05) is 12.6 Å². The van der Waals surface area contributed by atoms with Crippen LogP contribution in [-0.2, 0) is 9.47 Å². The minimum atomic E-state index is 0.122. The predicted molar refractivity (Wildman–Crippen MR) is 72.6 cm³/mol. The van der Waals surface area contributed by atoms with Crippen LogP contribution in [0.5, 0.6) is 0 Å². The first-order chi connectivity index (χ1) is 8.76. The van der Waals surface area contributed by atoms with E-state index in [9.17, 15) is 0 Å². The summed E-state index contributed by atoms with van der Waals surface area (Å²) >= 11 is 0. The van der Waals surface area contributed by atoms with Gasteiger partial charge in [-0.2, -0.15) is 0 Å². The van der Waals surface area contributed by atoms with Crippen LogP contribution in [0.1, 0.15) is 31.9 Å². The summed E-state index contributed by atoms with van der Waals surface area (Å²) in [6.45, 7) is 4.87. The maximum atomic E-state index is 6.10. The maximum Gasteiger partial charge on any atom is 0.0990 e. The van der Waals surface area contributed by atoms with E-state index in [1.54, 1.807) is 0 Å². The minimum absolute atomic E-state index is 0.122. The fourth-order valence-electron chi connectivity index (χ4n) is 2.48. The molecule has 3 nitrogen and oxygen atoms in total. The number of hydrogen-bond donors (Lipinski definition) is 1. The standard InChI is InChI=1S/C15H23NO2/c1-4-17-15-13(16-3)10-14(15)18-11(2)12-8-6-5-7-9-12/h5-9,11,13-16H,4,10H2,1-3H3. The van der Waals surface area contributed by atoms with Gasteiger partial charge in [-0.05, 0) is 32.9 Å². The molecule has 1 saturated carbocycles. The zero-order valence-electron chi connectivity index (χ0n) is 11.4. The molecule has 1 N–H and O–H groups in total. The van der Waals surface area contributed by atoms with Crippen LogP contribution < -0.4 is 5.32 Å². The van der Waals surface area contributed by atoms with Gasteiger partial charge in [0.05, 0.1) is 18.3 Å². The first-order valence-corrected chi connectivity index (χ1v) is 6.75. The number of hydrogen-bond acceptors (Lipinski definition) is 3. The van der Waals surface area contributed by atoms with Gasteiger partial charge in [-0.1, -0.05) is 30.3 Å². The van der Waals surface area contributed by atoms with E-state index in [1.807, 2.05) is 32.2 Å². The summed E-state index contributed by atoms with van der Waals surface area (Å²) in [6, 6.07) is 10.8. The Morgan fingerprint density at radius 1 is 1.33 bits per heavy atom. The Morgan fingerprint density at radius 3 is 2.67 bits per heavy atom. The SMILES string of the molecule is CCOC1C(NC)CC1OC(C)c1ccccc1. The van der Waals surface area contributed by atoms with Crippen molar-refractivity contribution in [2.45, 2.75) is 44.6 Å². The van der Waals surface area contributed by atoms with Crippen molar-refractivity contribution in [1.29, 1.82) is 0 Å². The van der Waals surface area contributed by atoms with E-state index in [1.165, 1.54) is 5.56 Å². The van der Waals surface area contributed by atoms with Gasteiger partial charge < -0.3 is 14.8 Å². The van der Waals surface area contributed by atoms with Crippen LogP contribution in [0.3, 0.4) is 0 Å². The van der Waals surface area contributed by atoms with Crippen LogP contribution in [0.4, 0.5) is 0 Å². The molecule has 0 heterocycles. The molecule has 2 rings (SSSR count). The summed E-state index contributed by atoms with van der Waals surface area (Å²) in [6.07, 6.45) is 1.54. The van der Waals surface area contributed by atoms with Gasteiger partial charge in [-0.25, -0.2) is 0 Å². The molecule has 0 radical (unpaired) electrons. The molecule has 0 saturated heterocycles. The topological polar surface area (TPSA) is 30.5 Å². The number of benzene rings is 1. The molecule has 1 aromatic carbocycles. The Morgan fingerprint density at radius 2 is 2.06 bits per heavy atom. The van der Waals surface area contributed by atoms with E-state index in [4.69, 9.17) is 9.47 Å². The molecule has 0 spiro atoms. The smallest absolute Gasteiger partial charge is 0.0990 e. The molecule has 4 atom stereocenters. The zero-order chi connectivity index (χ0) is 13.0. The van der Waals surface area contributed by atoms with E-state index < -0.39 is 0 Å². The number of rotatable bonds is 6. The molecule has 0 aliphatic heterocycles. The van der Waals surface area contributed by atoms with Gasteiger partial charge in [0.15, 0.2) is 0 Å². The lowest BCUT2D eigenvalue weighted by atomic mass is 9.85. The van der Waals surface area contributed by atoms with E-state index in [2.05, 4.69) is 24.4 Å². The molecule has 0 aromatic heterocycles. The zero-order valence-corrected chi connectivity index (χ0v) is 11.4. The Labute approximate surface area is 109 Å². The van der Waals surface area contributed by atoms with Crippen molar-refractivity contribution in [3.63, 3.8) is 0 Å². The predicted octanol–water partition coefficient (Wildman–Crippen LogP) is 2.53. The van der Waals surface area contributed by atoms with Crippen molar-refractivity contribution in [2.75, 3.05) is 13.7 Å². The number of likely N-dealkylation sites (N-methyl/N-ethyl adjacent to an activating group) is 1. The van der Waals surface area contributed by atoms with Crippen LogP contribution in [0.15, 0.2) is 30.3 Å². The average Bonchev–Trinajstić information content (AvgIpc) is 2.41. The first kappa shape index (κ1) is 13.5. The second kappa shape index (κ2) is 6.32. The van der Waals surface area contributed by atoms with Crippen molar-refractivity contribution in [1.82, 2.24) is 5.32 Å². The van der Waals surface area contributed by atoms with Gasteiger partial charge >= 0.3 is 0 Å². The highest BCUT2D eigenvalue weighted by atomic mass is 16.6. The largest absolute Gasteiger partial charge is 0.374 e. The lowest BCUT2D eigenvalue weighted by Crippen LogP contribution is -2.59. The molecule has 1 aromatic rings. The third-order valence-corrected chi connectivity index (χ3v) is 3.63. The molecular formula is C15H23NO2. The molecular weight excluding hydrogens is 226 g/mol. The monoisotopic (exact) mass is 249 g/mol. The van der Waals surface area contributed by atoms with Gasteiger partial charge in [0.2, 0.25) is 0 Å². The summed E-state index contributed by atoms with van der Waals surface area (Å²) in [5.41, 5.74) is 1.22. The third-order valence-electron chi connectivity index (χ3n) is 3.63. The summed E-state index contributed by atoms with van der Waals surface area (Å²) in [4.78, 5) is 0. The summed E-state index contributed by atoms with van der Waals surface area (Å²) in [5.74, 6) is 0. The molecule has 18 heavy (non-hydrogen) atoms. The Hall–Kier alpha value is -0.900. The lowest BCUT2D eigenvalue weighted by molar-refractivity contribution is -0.163. The minimum Gasteiger partial charge on any atom is -0.374 e. The molecule has 1 aliphatic rings.